The molecule has 4 heteroatoms. The van der Waals surface area contributed by atoms with Gasteiger partial charge < -0.3 is 10.6 Å². The van der Waals surface area contributed by atoms with Gasteiger partial charge in [-0.25, -0.2) is 9.97 Å². The Morgan fingerprint density at radius 3 is 2.35 bits per heavy atom. The normalized spacial score (nSPS) is 17.4. The van der Waals surface area contributed by atoms with Crippen molar-refractivity contribution < 1.29 is 0 Å². The zero-order chi connectivity index (χ0) is 14.8. The number of rotatable bonds is 5. The van der Waals surface area contributed by atoms with E-state index in [1.807, 2.05) is 6.07 Å². The van der Waals surface area contributed by atoms with Crippen LogP contribution in [-0.4, -0.2) is 22.1 Å². The van der Waals surface area contributed by atoms with Gasteiger partial charge in [-0.1, -0.05) is 27.7 Å². The Bertz CT molecular complexity index is 458. The summed E-state index contributed by atoms with van der Waals surface area (Å²) in [7, 11) is 0. The Hall–Kier alpha value is -1.32. The van der Waals surface area contributed by atoms with Crippen LogP contribution in [0.5, 0.6) is 0 Å². The van der Waals surface area contributed by atoms with Crippen LogP contribution in [0.4, 0.5) is 11.6 Å². The SMILES string of the molecule is CCCNc1cc(NC2(C)CCC2)nc(C(C)(C)C)n1. The molecule has 1 aliphatic rings. The number of nitrogens with one attached hydrogen (secondary N) is 2. The first kappa shape index (κ1) is 15.1. The van der Waals surface area contributed by atoms with Crippen molar-refractivity contribution in [3.63, 3.8) is 0 Å². The average molecular weight is 276 g/mol. The molecule has 0 aliphatic heterocycles. The molecule has 0 spiro atoms. The second kappa shape index (κ2) is 5.58. The Kier molecular flexibility index (Phi) is 4.21. The molecule has 0 radical (unpaired) electrons. The fourth-order valence-electron chi connectivity index (χ4n) is 2.33. The lowest BCUT2D eigenvalue weighted by Gasteiger charge is -2.39. The van der Waals surface area contributed by atoms with Gasteiger partial charge in [0.05, 0.1) is 0 Å². The first-order valence-corrected chi connectivity index (χ1v) is 7.74. The van der Waals surface area contributed by atoms with Gasteiger partial charge in [-0.2, -0.15) is 0 Å². The van der Waals surface area contributed by atoms with Gasteiger partial charge in [-0.05, 0) is 32.6 Å². The van der Waals surface area contributed by atoms with E-state index in [9.17, 15) is 0 Å². The lowest BCUT2D eigenvalue weighted by Crippen LogP contribution is -2.42. The molecule has 1 aromatic heterocycles. The van der Waals surface area contributed by atoms with Crippen LogP contribution in [0.25, 0.3) is 0 Å². The zero-order valence-corrected chi connectivity index (χ0v) is 13.5. The van der Waals surface area contributed by atoms with Crippen LogP contribution in [0.15, 0.2) is 6.07 Å². The predicted molar refractivity (Wildman–Crippen MR) is 85.4 cm³/mol. The van der Waals surface area contributed by atoms with Crippen molar-refractivity contribution in [1.29, 1.82) is 0 Å². The molecule has 1 fully saturated rings. The molecule has 1 saturated carbocycles. The molecule has 0 atom stereocenters. The minimum Gasteiger partial charge on any atom is -0.370 e. The molecule has 0 aromatic carbocycles. The molecule has 4 nitrogen and oxygen atoms in total. The lowest BCUT2D eigenvalue weighted by molar-refractivity contribution is 0.305. The van der Waals surface area contributed by atoms with E-state index in [1.165, 1.54) is 19.3 Å². The summed E-state index contributed by atoms with van der Waals surface area (Å²) in [4.78, 5) is 9.37. The topological polar surface area (TPSA) is 49.8 Å². The maximum Gasteiger partial charge on any atom is 0.138 e. The lowest BCUT2D eigenvalue weighted by atomic mass is 9.78. The average Bonchev–Trinajstić information content (AvgIpc) is 2.33. The summed E-state index contributed by atoms with van der Waals surface area (Å²) in [5.41, 5.74) is 0.173. The third-order valence-corrected chi connectivity index (χ3v) is 3.84. The first-order valence-electron chi connectivity index (χ1n) is 7.74. The summed E-state index contributed by atoms with van der Waals surface area (Å²) in [5, 5.41) is 6.97. The standard InChI is InChI=1S/C16H28N4/c1-6-10-17-12-11-13(20-16(5)8-7-9-16)19-14(18-12)15(2,3)4/h11H,6-10H2,1-5H3,(H2,17,18,19,20). The van der Waals surface area contributed by atoms with Crippen LogP contribution >= 0.6 is 0 Å². The molecule has 1 heterocycles. The van der Waals surface area contributed by atoms with Crippen LogP contribution in [-0.2, 0) is 5.41 Å². The van der Waals surface area contributed by atoms with Crippen molar-refractivity contribution >= 4 is 11.6 Å². The monoisotopic (exact) mass is 276 g/mol. The summed E-state index contributed by atoms with van der Waals surface area (Å²) in [6.45, 7) is 11.8. The van der Waals surface area contributed by atoms with Crippen molar-refractivity contribution in [3.8, 4) is 0 Å². The second-order valence-electron chi connectivity index (χ2n) is 7.18. The number of hydrogen-bond acceptors (Lipinski definition) is 4. The highest BCUT2D eigenvalue weighted by Crippen LogP contribution is 2.35. The van der Waals surface area contributed by atoms with Crippen molar-refractivity contribution in [2.75, 3.05) is 17.2 Å². The van der Waals surface area contributed by atoms with E-state index < -0.39 is 0 Å². The molecule has 2 rings (SSSR count). The smallest absolute Gasteiger partial charge is 0.138 e. The fourth-order valence-corrected chi connectivity index (χ4v) is 2.33. The van der Waals surface area contributed by atoms with Gasteiger partial charge in [0.15, 0.2) is 0 Å². The molecular weight excluding hydrogens is 248 g/mol. The van der Waals surface area contributed by atoms with Gasteiger partial charge in [0.1, 0.15) is 17.5 Å². The highest BCUT2D eigenvalue weighted by atomic mass is 15.1. The van der Waals surface area contributed by atoms with Gasteiger partial charge >= 0.3 is 0 Å². The summed E-state index contributed by atoms with van der Waals surface area (Å²) < 4.78 is 0. The number of nitrogens with zero attached hydrogens (tertiary/aromatic N) is 2. The van der Waals surface area contributed by atoms with Crippen molar-refractivity contribution in [3.05, 3.63) is 11.9 Å². The third-order valence-electron chi connectivity index (χ3n) is 3.84. The quantitative estimate of drug-likeness (QED) is 0.855. The van der Waals surface area contributed by atoms with Crippen molar-refractivity contribution in [2.45, 2.75) is 71.3 Å². The summed E-state index contributed by atoms with van der Waals surface area (Å²) >= 11 is 0. The molecule has 1 aromatic rings. The highest BCUT2D eigenvalue weighted by molar-refractivity contribution is 5.49. The van der Waals surface area contributed by atoms with Crippen molar-refractivity contribution in [2.24, 2.45) is 0 Å². The maximum atomic E-state index is 4.72. The number of anilines is 2. The van der Waals surface area contributed by atoms with E-state index in [4.69, 9.17) is 4.98 Å². The summed E-state index contributed by atoms with van der Waals surface area (Å²) in [6.07, 6.45) is 4.84. The molecule has 0 saturated heterocycles. The van der Waals surface area contributed by atoms with Gasteiger partial charge in [-0.3, -0.25) is 0 Å². The van der Waals surface area contributed by atoms with Crippen LogP contribution in [0.1, 0.15) is 66.1 Å². The molecule has 20 heavy (non-hydrogen) atoms. The van der Waals surface area contributed by atoms with Crippen LogP contribution in [0, 0.1) is 0 Å². The van der Waals surface area contributed by atoms with Gasteiger partial charge in [0.25, 0.3) is 0 Å². The van der Waals surface area contributed by atoms with Crippen LogP contribution < -0.4 is 10.6 Å². The van der Waals surface area contributed by atoms with Crippen LogP contribution in [0.2, 0.25) is 0 Å². The van der Waals surface area contributed by atoms with E-state index in [1.54, 1.807) is 0 Å². The fraction of sp³-hybridized carbons (Fsp3) is 0.750. The molecular formula is C16H28N4. The number of aromatic nitrogens is 2. The Balaban J connectivity index is 2.25. The Labute approximate surface area is 122 Å². The van der Waals surface area contributed by atoms with Gasteiger partial charge in [-0.15, -0.1) is 0 Å². The molecule has 0 bridgehead atoms. The molecule has 2 N–H and O–H groups in total. The van der Waals surface area contributed by atoms with Gasteiger partial charge in [0.2, 0.25) is 0 Å². The second-order valence-corrected chi connectivity index (χ2v) is 7.18. The van der Waals surface area contributed by atoms with E-state index in [0.717, 1.165) is 30.4 Å². The first-order chi connectivity index (χ1) is 9.32. The number of hydrogen-bond donors (Lipinski definition) is 2. The van der Waals surface area contributed by atoms with Crippen LogP contribution in [0.3, 0.4) is 0 Å². The molecule has 0 unspecified atom stereocenters. The van der Waals surface area contributed by atoms with E-state index in [0.29, 0.717) is 0 Å². The Morgan fingerprint density at radius 1 is 1.20 bits per heavy atom. The van der Waals surface area contributed by atoms with E-state index in [2.05, 4.69) is 50.2 Å². The molecule has 1 aliphatic carbocycles. The minimum atomic E-state index is -0.0408. The summed E-state index contributed by atoms with van der Waals surface area (Å²) in [6, 6.07) is 2.04. The Morgan fingerprint density at radius 2 is 1.85 bits per heavy atom. The maximum absolute atomic E-state index is 4.72. The third kappa shape index (κ3) is 3.62. The predicted octanol–water partition coefficient (Wildman–Crippen LogP) is 3.95. The minimum absolute atomic E-state index is 0.0408. The van der Waals surface area contributed by atoms with E-state index >= 15 is 0 Å². The van der Waals surface area contributed by atoms with E-state index in [-0.39, 0.29) is 11.0 Å². The zero-order valence-electron chi connectivity index (χ0n) is 13.5. The summed E-state index contributed by atoms with van der Waals surface area (Å²) in [5.74, 6) is 2.77. The molecule has 0 amide bonds. The highest BCUT2D eigenvalue weighted by Gasteiger charge is 2.32. The largest absolute Gasteiger partial charge is 0.370 e. The van der Waals surface area contributed by atoms with Crippen molar-refractivity contribution in [1.82, 2.24) is 9.97 Å². The van der Waals surface area contributed by atoms with Gasteiger partial charge in [0, 0.05) is 23.6 Å². The molecule has 112 valence electrons.